The molecule has 2 aliphatic rings. The van der Waals surface area contributed by atoms with Crippen LogP contribution in [0.4, 0.5) is 10.5 Å². The molecule has 4 rings (SSSR count). The SMILES string of the molecule is CC(C(=O)NC(C(=O)N1Cc2cc([N+](=O)[O-])ccc2C[C@H]1C(=O)N[C@@H]1CCCc2ccccc21)C(C)(C)SCC(=O)O)N(C)C(=O)OC(C)(C)C. The van der Waals surface area contributed by atoms with E-state index >= 15 is 0 Å². The van der Waals surface area contributed by atoms with Crippen LogP contribution in [0.15, 0.2) is 42.5 Å². The molecule has 1 heterocycles. The number of thioether (sulfide) groups is 1. The molecule has 3 N–H and O–H groups in total. The van der Waals surface area contributed by atoms with Crippen LogP contribution in [0.3, 0.4) is 0 Å². The average Bonchev–Trinajstić information content (AvgIpc) is 3.07. The van der Waals surface area contributed by atoms with Crippen LogP contribution in [-0.2, 0) is 43.3 Å². The minimum atomic E-state index is -1.38. The standard InChI is InChI=1S/C36H47N5O9S/c1-21(39(7)34(47)50-35(2,3)4)31(44)38-30(36(5,6)51-20-29(42)43)33(46)40-19-24-17-25(41(48)49)16-15-23(24)18-28(40)32(45)37-27-14-10-12-22-11-8-9-13-26(22)27/h8-9,11,13,15-17,21,27-28,30H,10,12,14,18-20H2,1-7H3,(H,37,45)(H,38,44)(H,42,43)/t21?,27-,28+,30?/m1/s1. The fourth-order valence-electron chi connectivity index (χ4n) is 6.28. The highest BCUT2D eigenvalue weighted by Crippen LogP contribution is 2.35. The minimum Gasteiger partial charge on any atom is -0.481 e. The monoisotopic (exact) mass is 725 g/mol. The summed E-state index contributed by atoms with van der Waals surface area (Å²) in [6.07, 6.45) is 1.74. The molecule has 4 atom stereocenters. The number of carboxylic acid groups (broad SMARTS) is 1. The van der Waals surface area contributed by atoms with Gasteiger partial charge in [-0.25, -0.2) is 4.79 Å². The second-order valence-electron chi connectivity index (χ2n) is 14.5. The highest BCUT2D eigenvalue weighted by molar-refractivity contribution is 8.01. The van der Waals surface area contributed by atoms with Crippen molar-refractivity contribution in [2.75, 3.05) is 12.8 Å². The van der Waals surface area contributed by atoms with Gasteiger partial charge in [0.15, 0.2) is 0 Å². The van der Waals surface area contributed by atoms with Crippen molar-refractivity contribution in [3.8, 4) is 0 Å². The fourth-order valence-corrected chi connectivity index (χ4v) is 7.10. The molecule has 2 aromatic rings. The number of amides is 4. The van der Waals surface area contributed by atoms with Crippen LogP contribution in [0.25, 0.3) is 0 Å². The van der Waals surface area contributed by atoms with Crippen molar-refractivity contribution in [3.63, 3.8) is 0 Å². The highest BCUT2D eigenvalue weighted by atomic mass is 32.2. The second kappa shape index (κ2) is 15.7. The zero-order chi connectivity index (χ0) is 37.8. The second-order valence-corrected chi connectivity index (χ2v) is 16.2. The summed E-state index contributed by atoms with van der Waals surface area (Å²) in [7, 11) is 1.39. The van der Waals surface area contributed by atoms with Crippen molar-refractivity contribution in [3.05, 3.63) is 74.8 Å². The van der Waals surface area contributed by atoms with E-state index < -0.39 is 63.2 Å². The Morgan fingerprint density at radius 2 is 1.76 bits per heavy atom. The minimum absolute atomic E-state index is 0.0560. The first kappa shape index (κ1) is 39.1. The van der Waals surface area contributed by atoms with E-state index in [4.69, 9.17) is 4.74 Å². The van der Waals surface area contributed by atoms with Gasteiger partial charge in [-0.15, -0.1) is 11.8 Å². The van der Waals surface area contributed by atoms with Crippen molar-refractivity contribution >= 4 is 47.2 Å². The molecule has 51 heavy (non-hydrogen) atoms. The Kier molecular flexibility index (Phi) is 12.0. The van der Waals surface area contributed by atoms with E-state index in [1.54, 1.807) is 40.7 Å². The third-order valence-electron chi connectivity index (χ3n) is 9.24. The van der Waals surface area contributed by atoms with Gasteiger partial charge in [-0.3, -0.25) is 34.2 Å². The predicted molar refractivity (Wildman–Crippen MR) is 191 cm³/mol. The van der Waals surface area contributed by atoms with E-state index in [1.807, 2.05) is 24.3 Å². The van der Waals surface area contributed by atoms with Gasteiger partial charge in [0.2, 0.25) is 17.7 Å². The Bertz CT molecular complexity index is 1690. The van der Waals surface area contributed by atoms with Crippen LogP contribution in [0.5, 0.6) is 0 Å². The van der Waals surface area contributed by atoms with Crippen molar-refractivity contribution in [2.24, 2.45) is 0 Å². The van der Waals surface area contributed by atoms with Gasteiger partial charge in [0, 0.05) is 36.9 Å². The van der Waals surface area contributed by atoms with Gasteiger partial charge < -0.3 is 25.4 Å². The van der Waals surface area contributed by atoms with E-state index in [-0.39, 0.29) is 30.4 Å². The number of fused-ring (bicyclic) bond motifs is 2. The smallest absolute Gasteiger partial charge is 0.410 e. The molecule has 1 aliphatic heterocycles. The van der Waals surface area contributed by atoms with Gasteiger partial charge in [0.05, 0.1) is 16.7 Å². The number of aryl methyl sites for hydroxylation is 1. The van der Waals surface area contributed by atoms with Crippen LogP contribution in [0, 0.1) is 10.1 Å². The summed E-state index contributed by atoms with van der Waals surface area (Å²) in [5.41, 5.74) is 2.27. The van der Waals surface area contributed by atoms with Crippen molar-refractivity contribution in [1.82, 2.24) is 20.4 Å². The van der Waals surface area contributed by atoms with Crippen LogP contribution in [0.2, 0.25) is 0 Å². The normalized spacial score (nSPS) is 18.3. The van der Waals surface area contributed by atoms with E-state index in [0.29, 0.717) is 17.5 Å². The molecule has 1 aliphatic carbocycles. The third kappa shape index (κ3) is 9.57. The molecule has 0 aromatic heterocycles. The van der Waals surface area contributed by atoms with Gasteiger partial charge in [-0.1, -0.05) is 30.3 Å². The summed E-state index contributed by atoms with van der Waals surface area (Å²) in [5, 5.41) is 27.0. The van der Waals surface area contributed by atoms with Gasteiger partial charge in [0.25, 0.3) is 5.69 Å². The summed E-state index contributed by atoms with van der Waals surface area (Å²) in [5.74, 6) is -3.33. The Hall–Kier alpha value is -4.66. The molecular formula is C36H47N5O9S. The molecule has 276 valence electrons. The number of hydrogen-bond acceptors (Lipinski definition) is 9. The molecule has 14 nitrogen and oxygen atoms in total. The van der Waals surface area contributed by atoms with Gasteiger partial charge in [-0.2, -0.15) is 0 Å². The van der Waals surface area contributed by atoms with Gasteiger partial charge in [-0.05, 0) is 83.1 Å². The number of nitrogens with zero attached hydrogens (tertiary/aromatic N) is 3. The molecule has 0 fully saturated rings. The summed E-state index contributed by atoms with van der Waals surface area (Å²) >= 11 is 0.929. The van der Waals surface area contributed by atoms with Crippen LogP contribution in [-0.4, -0.2) is 90.9 Å². The van der Waals surface area contributed by atoms with Crippen LogP contribution >= 0.6 is 11.8 Å². The van der Waals surface area contributed by atoms with Crippen molar-refractivity contribution < 1.29 is 38.7 Å². The van der Waals surface area contributed by atoms with E-state index in [0.717, 1.165) is 40.6 Å². The van der Waals surface area contributed by atoms with Crippen molar-refractivity contribution in [2.45, 2.75) is 108 Å². The first-order chi connectivity index (χ1) is 23.8. The summed E-state index contributed by atoms with van der Waals surface area (Å²) in [6, 6.07) is 8.35. The number of nitro groups is 1. The highest BCUT2D eigenvalue weighted by Gasteiger charge is 2.45. The number of likely N-dealkylation sites (N-methyl/N-ethyl adjacent to an activating group) is 1. The number of hydrogen-bond donors (Lipinski definition) is 3. The predicted octanol–water partition coefficient (Wildman–Crippen LogP) is 4.38. The number of carboxylic acids is 1. The summed E-state index contributed by atoms with van der Waals surface area (Å²) < 4.78 is 4.17. The number of ether oxygens (including phenoxy) is 1. The van der Waals surface area contributed by atoms with E-state index in [2.05, 4.69) is 10.6 Å². The maximum absolute atomic E-state index is 14.8. The van der Waals surface area contributed by atoms with Crippen molar-refractivity contribution in [1.29, 1.82) is 0 Å². The zero-order valence-corrected chi connectivity index (χ0v) is 30.9. The van der Waals surface area contributed by atoms with Crippen LogP contribution in [0.1, 0.15) is 82.7 Å². The largest absolute Gasteiger partial charge is 0.481 e. The molecule has 15 heteroatoms. The first-order valence-corrected chi connectivity index (χ1v) is 17.8. The number of carbonyl (C=O) groups is 5. The zero-order valence-electron chi connectivity index (χ0n) is 30.1. The van der Waals surface area contributed by atoms with Gasteiger partial charge in [0.1, 0.15) is 23.7 Å². The fraction of sp³-hybridized carbons (Fsp3) is 0.528. The number of carbonyl (C=O) groups excluding carboxylic acids is 4. The Labute approximate surface area is 301 Å². The third-order valence-corrected chi connectivity index (χ3v) is 10.6. The maximum Gasteiger partial charge on any atom is 0.410 e. The molecule has 0 bridgehead atoms. The summed E-state index contributed by atoms with van der Waals surface area (Å²) in [6.45, 7) is 9.58. The lowest BCUT2D eigenvalue weighted by Gasteiger charge is -2.42. The number of rotatable bonds is 11. The maximum atomic E-state index is 14.8. The number of nitrogens with one attached hydrogen (secondary N) is 2. The molecule has 0 radical (unpaired) electrons. The number of aliphatic carboxylic acids is 1. The topological polar surface area (TPSA) is 188 Å². The Morgan fingerprint density at radius 1 is 1.08 bits per heavy atom. The number of benzene rings is 2. The number of nitro benzene ring substituents is 1. The molecule has 0 saturated carbocycles. The molecule has 2 aromatic carbocycles. The van der Waals surface area contributed by atoms with Crippen LogP contribution < -0.4 is 10.6 Å². The molecule has 2 unspecified atom stereocenters. The molecular weight excluding hydrogens is 678 g/mol. The lowest BCUT2D eigenvalue weighted by molar-refractivity contribution is -0.385. The molecule has 0 spiro atoms. The quantitative estimate of drug-likeness (QED) is 0.222. The molecule has 4 amide bonds. The lowest BCUT2D eigenvalue weighted by atomic mass is 9.87. The first-order valence-electron chi connectivity index (χ1n) is 16.9. The Morgan fingerprint density at radius 3 is 2.41 bits per heavy atom. The van der Waals surface area contributed by atoms with Gasteiger partial charge >= 0.3 is 12.1 Å². The van der Waals surface area contributed by atoms with E-state index in [9.17, 15) is 39.2 Å². The lowest BCUT2D eigenvalue weighted by Crippen LogP contribution is -2.64. The average molecular weight is 726 g/mol. The molecule has 0 saturated heterocycles. The Balaban J connectivity index is 1.71. The van der Waals surface area contributed by atoms with E-state index in [1.165, 1.54) is 31.0 Å². The summed E-state index contributed by atoms with van der Waals surface area (Å²) in [4.78, 5) is 80.7. The number of non-ortho nitro benzene ring substituents is 1.